The number of carbonyl (C=O) groups is 2. The van der Waals surface area contributed by atoms with Gasteiger partial charge >= 0.3 is 18.1 Å². The van der Waals surface area contributed by atoms with E-state index in [-0.39, 0.29) is 5.97 Å². The van der Waals surface area contributed by atoms with Crippen LogP contribution < -0.4 is 0 Å². The van der Waals surface area contributed by atoms with Crippen LogP contribution in [0.1, 0.15) is 67.3 Å². The molecule has 0 amide bonds. The number of benzene rings is 2. The Hall–Kier alpha value is -3.81. The van der Waals surface area contributed by atoms with Crippen LogP contribution in [-0.2, 0) is 14.3 Å². The number of ether oxygens (including phenoxy) is 2. The van der Waals surface area contributed by atoms with Crippen molar-refractivity contribution in [2.45, 2.75) is 57.5 Å². The number of alkyl halides is 3. The summed E-state index contributed by atoms with van der Waals surface area (Å²) in [6.45, 7) is 6.68. The molecule has 1 N–H and O–H groups in total. The van der Waals surface area contributed by atoms with E-state index in [4.69, 9.17) is 29.5 Å². The predicted octanol–water partition coefficient (Wildman–Crippen LogP) is 7.32. The normalized spacial score (nSPS) is 14.2. The number of nitrogens with zero attached hydrogens (tertiary/aromatic N) is 4. The minimum atomic E-state index is -5.08. The van der Waals surface area contributed by atoms with Gasteiger partial charge in [0.15, 0.2) is 0 Å². The molecule has 0 spiro atoms. The number of halogens is 3. The summed E-state index contributed by atoms with van der Waals surface area (Å²) in [6.07, 6.45) is 4.37. The number of likely N-dealkylation sites (tertiary alicyclic amines) is 1. The van der Waals surface area contributed by atoms with Gasteiger partial charge in [0.25, 0.3) is 0 Å². The number of fused-ring (bicyclic) bond motifs is 1. The molecule has 1 aliphatic heterocycles. The molecular weight excluding hydrogens is 621 g/mol. The number of piperidine rings is 1. The average Bonchev–Trinajstić information content (AvgIpc) is 3.63. The summed E-state index contributed by atoms with van der Waals surface area (Å²) in [7, 11) is 1.78. The van der Waals surface area contributed by atoms with Crippen molar-refractivity contribution in [3.05, 3.63) is 65.9 Å². The number of imidazole rings is 1. The van der Waals surface area contributed by atoms with Crippen molar-refractivity contribution in [1.82, 2.24) is 19.5 Å². The molecule has 46 heavy (non-hydrogen) atoms. The van der Waals surface area contributed by atoms with E-state index in [1.54, 1.807) is 37.5 Å². The second-order valence-corrected chi connectivity index (χ2v) is 12.0. The van der Waals surface area contributed by atoms with Gasteiger partial charge in [-0.25, -0.2) is 19.1 Å². The molecule has 3 heterocycles. The van der Waals surface area contributed by atoms with Crippen LogP contribution in [0.2, 0.25) is 0 Å². The van der Waals surface area contributed by atoms with Gasteiger partial charge in [-0.1, -0.05) is 60.6 Å². The number of carboxylic acids is 1. The van der Waals surface area contributed by atoms with Crippen LogP contribution in [-0.4, -0.2) is 82.7 Å². The summed E-state index contributed by atoms with van der Waals surface area (Å²) in [5, 5.41) is 12.9. The molecule has 2 aromatic carbocycles. The molecular formula is C33H39F3N4O5S. The van der Waals surface area contributed by atoms with Gasteiger partial charge in [-0.15, -0.1) is 0 Å². The first-order chi connectivity index (χ1) is 22.1. The van der Waals surface area contributed by atoms with Gasteiger partial charge in [-0.3, -0.25) is 0 Å². The first-order valence-electron chi connectivity index (χ1n) is 15.3. The quantitative estimate of drug-likeness (QED) is 0.125. The molecule has 1 aliphatic rings. The first kappa shape index (κ1) is 35.1. The number of carboxylic acid groups (broad SMARTS) is 1. The van der Waals surface area contributed by atoms with Gasteiger partial charge in [0.2, 0.25) is 4.96 Å². The number of aliphatic carboxylic acids is 1. The number of aromatic nitrogens is 3. The van der Waals surface area contributed by atoms with Gasteiger partial charge in [-0.2, -0.15) is 18.3 Å². The van der Waals surface area contributed by atoms with Crippen LogP contribution in [0, 0.1) is 0 Å². The molecule has 1 saturated heterocycles. The lowest BCUT2D eigenvalue weighted by molar-refractivity contribution is -0.192. The molecule has 5 rings (SSSR count). The maximum atomic E-state index is 11.9. The first-order valence-corrected chi connectivity index (χ1v) is 16.2. The largest absolute Gasteiger partial charge is 0.490 e. The summed E-state index contributed by atoms with van der Waals surface area (Å²) < 4.78 is 43.8. The minimum Gasteiger partial charge on any atom is -0.475 e. The fourth-order valence-corrected chi connectivity index (χ4v) is 6.16. The van der Waals surface area contributed by atoms with Crippen molar-refractivity contribution in [3.8, 4) is 21.8 Å². The zero-order valence-electron chi connectivity index (χ0n) is 26.0. The van der Waals surface area contributed by atoms with Crippen LogP contribution in [0.25, 0.3) is 26.8 Å². The van der Waals surface area contributed by atoms with Crippen molar-refractivity contribution in [2.75, 3.05) is 40.0 Å². The summed E-state index contributed by atoms with van der Waals surface area (Å²) in [4.78, 5) is 29.1. The Balaban J connectivity index is 0.000000617. The molecule has 0 radical (unpaired) electrons. The van der Waals surface area contributed by atoms with E-state index in [1.165, 1.54) is 63.7 Å². The van der Waals surface area contributed by atoms with Crippen LogP contribution in [0.4, 0.5) is 13.2 Å². The molecule has 0 bridgehead atoms. The van der Waals surface area contributed by atoms with Gasteiger partial charge in [0.05, 0.1) is 24.1 Å². The zero-order valence-corrected chi connectivity index (χ0v) is 26.8. The van der Waals surface area contributed by atoms with Crippen molar-refractivity contribution >= 4 is 28.2 Å². The maximum absolute atomic E-state index is 11.9. The monoisotopic (exact) mass is 660 g/mol. The van der Waals surface area contributed by atoms with E-state index < -0.39 is 12.1 Å². The lowest BCUT2D eigenvalue weighted by Crippen LogP contribution is -2.33. The van der Waals surface area contributed by atoms with Crippen molar-refractivity contribution in [1.29, 1.82) is 0 Å². The number of carbonyl (C=O) groups excluding carboxylic acids is 1. The molecule has 0 saturated carbocycles. The SMILES string of the molecule is CCOC(=O)c1ccc(-c2cn3nc(-c4ccc(C5CCN(CCCCCCOC)CC5)cc4)sc3n2)cc1.O=C(O)C(F)(F)F. The fraction of sp³-hybridized carbons (Fsp3) is 0.455. The Bertz CT molecular complexity index is 1510. The van der Waals surface area contributed by atoms with Gasteiger partial charge in [-0.05, 0) is 75.9 Å². The van der Waals surface area contributed by atoms with E-state index in [2.05, 4.69) is 29.2 Å². The Morgan fingerprint density at radius 3 is 2.20 bits per heavy atom. The summed E-state index contributed by atoms with van der Waals surface area (Å²) in [5.41, 5.74) is 4.89. The lowest BCUT2D eigenvalue weighted by Gasteiger charge is -2.32. The summed E-state index contributed by atoms with van der Waals surface area (Å²) in [6, 6.07) is 16.3. The van der Waals surface area contributed by atoms with Crippen molar-refractivity contribution in [2.24, 2.45) is 0 Å². The molecule has 4 aromatic rings. The highest BCUT2D eigenvalue weighted by atomic mass is 32.1. The third-order valence-corrected chi connectivity index (χ3v) is 8.74. The Labute approximate surface area is 270 Å². The van der Waals surface area contributed by atoms with E-state index in [0.717, 1.165) is 33.4 Å². The van der Waals surface area contributed by atoms with E-state index in [1.807, 2.05) is 22.8 Å². The average molecular weight is 661 g/mol. The predicted molar refractivity (Wildman–Crippen MR) is 170 cm³/mol. The lowest BCUT2D eigenvalue weighted by atomic mass is 9.89. The Kier molecular flexibility index (Phi) is 12.7. The minimum absolute atomic E-state index is 0.308. The van der Waals surface area contributed by atoms with E-state index in [0.29, 0.717) is 18.1 Å². The van der Waals surface area contributed by atoms with Crippen LogP contribution in [0.5, 0.6) is 0 Å². The molecule has 2 aromatic heterocycles. The Morgan fingerprint density at radius 1 is 0.978 bits per heavy atom. The second kappa shape index (κ2) is 16.7. The van der Waals surface area contributed by atoms with E-state index >= 15 is 0 Å². The molecule has 0 unspecified atom stereocenters. The second-order valence-electron chi connectivity index (χ2n) is 11.0. The topological polar surface area (TPSA) is 106 Å². The third-order valence-electron chi connectivity index (χ3n) is 7.77. The molecule has 0 atom stereocenters. The molecule has 0 aliphatic carbocycles. The summed E-state index contributed by atoms with van der Waals surface area (Å²) >= 11 is 1.59. The number of rotatable bonds is 12. The molecule has 248 valence electrons. The van der Waals surface area contributed by atoms with Crippen molar-refractivity contribution in [3.63, 3.8) is 0 Å². The van der Waals surface area contributed by atoms with Crippen LogP contribution in [0.3, 0.4) is 0 Å². The number of esters is 1. The van der Waals surface area contributed by atoms with Gasteiger partial charge in [0, 0.05) is 24.8 Å². The smallest absolute Gasteiger partial charge is 0.475 e. The van der Waals surface area contributed by atoms with Crippen molar-refractivity contribution < 1.29 is 37.3 Å². The van der Waals surface area contributed by atoms with Crippen LogP contribution >= 0.6 is 11.3 Å². The third kappa shape index (κ3) is 9.84. The van der Waals surface area contributed by atoms with E-state index in [9.17, 15) is 18.0 Å². The van der Waals surface area contributed by atoms with Crippen LogP contribution in [0.15, 0.2) is 54.7 Å². The van der Waals surface area contributed by atoms with Gasteiger partial charge < -0.3 is 19.5 Å². The highest BCUT2D eigenvalue weighted by Gasteiger charge is 2.38. The number of methoxy groups -OCH3 is 1. The highest BCUT2D eigenvalue weighted by molar-refractivity contribution is 7.19. The summed E-state index contributed by atoms with van der Waals surface area (Å²) in [5.74, 6) is -2.42. The Morgan fingerprint density at radius 2 is 1.61 bits per heavy atom. The fourth-order valence-electron chi connectivity index (χ4n) is 5.27. The number of unbranched alkanes of at least 4 members (excludes halogenated alkanes) is 3. The standard InChI is InChI=1S/C31H38N4O3S.C2HF3O2/c1-3-38-30(36)27-14-10-25(11-15-27)28-22-35-31(32-28)39-29(33-35)26-12-8-23(9-13-26)24-16-19-34(20-17-24)18-6-4-5-7-21-37-2;3-2(4,5)1(6)7/h8-15,22,24H,3-7,16-21H2,1-2H3;(H,6,7). The highest BCUT2D eigenvalue weighted by Crippen LogP contribution is 2.32. The zero-order chi connectivity index (χ0) is 33.1. The molecule has 9 nitrogen and oxygen atoms in total. The van der Waals surface area contributed by atoms with Gasteiger partial charge in [0.1, 0.15) is 5.01 Å². The molecule has 1 fully saturated rings. The maximum Gasteiger partial charge on any atom is 0.490 e. The number of hydrogen-bond acceptors (Lipinski definition) is 8. The molecule has 13 heteroatoms. The number of hydrogen-bond donors (Lipinski definition) is 1.